The van der Waals surface area contributed by atoms with Crippen molar-refractivity contribution in [3.8, 4) is 22.3 Å². The van der Waals surface area contributed by atoms with Gasteiger partial charge in [0.1, 0.15) is 0 Å². The van der Waals surface area contributed by atoms with E-state index in [9.17, 15) is 0 Å². The van der Waals surface area contributed by atoms with Crippen LogP contribution in [0.4, 0.5) is 34.1 Å². The first kappa shape index (κ1) is 34.8. The van der Waals surface area contributed by atoms with Crippen molar-refractivity contribution < 1.29 is 0 Å². The monoisotopic (exact) mass is 720 g/mol. The van der Waals surface area contributed by atoms with E-state index in [1.807, 2.05) is 0 Å². The lowest BCUT2D eigenvalue weighted by molar-refractivity contribution is 1.09. The topological polar surface area (TPSA) is 6.48 Å². The Labute approximate surface area is 331 Å². The predicted molar refractivity (Wildman–Crippen MR) is 240 cm³/mol. The van der Waals surface area contributed by atoms with Gasteiger partial charge in [-0.15, -0.1) is 0 Å². The van der Waals surface area contributed by atoms with Crippen LogP contribution in [0.3, 0.4) is 0 Å². The molecule has 0 saturated carbocycles. The van der Waals surface area contributed by atoms with E-state index in [0.29, 0.717) is 0 Å². The van der Waals surface area contributed by atoms with Gasteiger partial charge in [0.25, 0.3) is 0 Å². The molecule has 0 saturated heterocycles. The van der Waals surface area contributed by atoms with E-state index in [-0.39, 0.29) is 0 Å². The molecule has 0 aromatic heterocycles. The van der Waals surface area contributed by atoms with Gasteiger partial charge >= 0.3 is 0 Å². The molecule has 0 amide bonds. The van der Waals surface area contributed by atoms with Crippen LogP contribution in [0.25, 0.3) is 38.6 Å². The van der Waals surface area contributed by atoms with Gasteiger partial charge < -0.3 is 9.80 Å². The highest BCUT2D eigenvalue weighted by Crippen LogP contribution is 2.47. The van der Waals surface area contributed by atoms with E-state index in [2.05, 4.69) is 230 Å². The molecule has 1 aliphatic rings. The third-order valence-electron chi connectivity index (χ3n) is 10.9. The van der Waals surface area contributed by atoms with Crippen molar-refractivity contribution in [1.29, 1.82) is 0 Å². The smallest absolute Gasteiger partial charge is 0.0540 e. The number of rotatable bonds is 9. The van der Waals surface area contributed by atoms with E-state index in [0.717, 1.165) is 29.9 Å². The molecule has 270 valence electrons. The summed E-state index contributed by atoms with van der Waals surface area (Å²) in [5.41, 5.74) is 17.0. The van der Waals surface area contributed by atoms with Gasteiger partial charge in [-0.3, -0.25) is 0 Å². The highest BCUT2D eigenvalue weighted by molar-refractivity contribution is 6.00. The van der Waals surface area contributed by atoms with Crippen LogP contribution >= 0.6 is 0 Å². The number of hydrogen-bond acceptors (Lipinski definition) is 2. The molecule has 0 N–H and O–H groups in total. The molecule has 0 fully saturated rings. The molecule has 0 aliphatic carbocycles. The summed E-state index contributed by atoms with van der Waals surface area (Å²) in [6.45, 7) is 4.28. The average molecular weight is 721 g/mol. The first-order valence-corrected chi connectivity index (χ1v) is 19.7. The van der Waals surface area contributed by atoms with Gasteiger partial charge in [-0.2, -0.15) is 0 Å². The fourth-order valence-electron chi connectivity index (χ4n) is 8.09. The molecule has 2 heteroatoms. The van der Waals surface area contributed by atoms with E-state index in [1.165, 1.54) is 72.4 Å². The Kier molecular flexibility index (Phi) is 9.61. The zero-order chi connectivity index (χ0) is 37.8. The lowest BCUT2D eigenvalue weighted by Crippen LogP contribution is -2.18. The summed E-state index contributed by atoms with van der Waals surface area (Å²) >= 11 is 0. The van der Waals surface area contributed by atoms with Gasteiger partial charge in [0.2, 0.25) is 0 Å². The molecule has 0 unspecified atom stereocenters. The number of benzene rings is 8. The highest BCUT2D eigenvalue weighted by atomic mass is 15.2. The number of hydrogen-bond donors (Lipinski definition) is 0. The summed E-state index contributed by atoms with van der Waals surface area (Å²) < 4.78 is 0. The van der Waals surface area contributed by atoms with Crippen molar-refractivity contribution >= 4 is 50.5 Å². The van der Waals surface area contributed by atoms with Crippen LogP contribution in [0.1, 0.15) is 37.0 Å². The minimum Gasteiger partial charge on any atom is -0.311 e. The van der Waals surface area contributed by atoms with Crippen molar-refractivity contribution in [2.45, 2.75) is 26.7 Å². The van der Waals surface area contributed by atoms with Gasteiger partial charge in [0, 0.05) is 40.2 Å². The first-order chi connectivity index (χ1) is 27.7. The van der Waals surface area contributed by atoms with E-state index < -0.39 is 0 Å². The third-order valence-corrected chi connectivity index (χ3v) is 10.9. The van der Waals surface area contributed by atoms with Gasteiger partial charge in [-0.05, 0) is 124 Å². The third kappa shape index (κ3) is 6.71. The van der Waals surface area contributed by atoms with Crippen molar-refractivity contribution in [3.05, 3.63) is 223 Å². The van der Waals surface area contributed by atoms with Gasteiger partial charge in [-0.25, -0.2) is 0 Å². The molecular weight excluding hydrogens is 677 g/mol. The van der Waals surface area contributed by atoms with Crippen LogP contribution in [0.5, 0.6) is 0 Å². The van der Waals surface area contributed by atoms with Crippen LogP contribution in [0.15, 0.2) is 206 Å². The maximum atomic E-state index is 2.45. The molecule has 8 aromatic carbocycles. The second kappa shape index (κ2) is 15.5. The Bertz CT molecular complexity index is 2680. The molecule has 2 nitrogen and oxygen atoms in total. The van der Waals surface area contributed by atoms with Crippen LogP contribution in [-0.2, 0) is 6.42 Å². The standard InChI is InChI=1S/C54H44N2/c1-3-5-14-39(4-2)41-23-30-48(31-24-41)55(49-32-25-42(26-33-49)40-15-7-6-8-16-40)50-34-27-43(28-35-50)45-29-36-53-47(37-45)38-46-18-10-12-21-52(46)56(53)54-22-13-19-44-17-9-11-20-51(44)54/h4-37H,3,38H2,1-2H3/b14-5-,39-4+. The zero-order valence-corrected chi connectivity index (χ0v) is 31.9. The Balaban J connectivity index is 1.08. The lowest BCUT2D eigenvalue weighted by Gasteiger charge is -2.34. The van der Waals surface area contributed by atoms with Gasteiger partial charge in [-0.1, -0.05) is 153 Å². The normalized spacial score (nSPS) is 12.5. The molecule has 1 aliphatic heterocycles. The maximum Gasteiger partial charge on any atom is 0.0540 e. The Morgan fingerprint density at radius 1 is 0.518 bits per heavy atom. The first-order valence-electron chi connectivity index (χ1n) is 19.7. The van der Waals surface area contributed by atoms with Crippen molar-refractivity contribution in [2.24, 2.45) is 0 Å². The summed E-state index contributed by atoms with van der Waals surface area (Å²) in [4.78, 5) is 4.81. The number of fused-ring (bicyclic) bond motifs is 3. The fourth-order valence-corrected chi connectivity index (χ4v) is 8.09. The molecule has 0 radical (unpaired) electrons. The van der Waals surface area contributed by atoms with Gasteiger partial charge in [0.15, 0.2) is 0 Å². The quantitative estimate of drug-likeness (QED) is 0.137. The predicted octanol–water partition coefficient (Wildman–Crippen LogP) is 15.4. The molecule has 8 aromatic rings. The lowest BCUT2D eigenvalue weighted by atomic mass is 9.91. The largest absolute Gasteiger partial charge is 0.311 e. The Hall–Kier alpha value is -6.90. The molecular formula is C54H44N2. The average Bonchev–Trinajstić information content (AvgIpc) is 3.27. The van der Waals surface area contributed by atoms with Crippen molar-refractivity contribution in [2.75, 3.05) is 9.80 Å². The van der Waals surface area contributed by atoms with Crippen molar-refractivity contribution in [1.82, 2.24) is 0 Å². The minimum absolute atomic E-state index is 0.893. The molecule has 0 atom stereocenters. The zero-order valence-electron chi connectivity index (χ0n) is 31.9. The summed E-state index contributed by atoms with van der Waals surface area (Å²) in [6.07, 6.45) is 8.52. The van der Waals surface area contributed by atoms with Gasteiger partial charge in [0.05, 0.1) is 5.69 Å². The van der Waals surface area contributed by atoms with Crippen LogP contribution < -0.4 is 9.80 Å². The Morgan fingerprint density at radius 3 is 1.79 bits per heavy atom. The summed E-state index contributed by atoms with van der Waals surface area (Å²) in [7, 11) is 0. The minimum atomic E-state index is 0.893. The number of allylic oxidation sites excluding steroid dienone is 4. The maximum absolute atomic E-state index is 2.45. The van der Waals surface area contributed by atoms with E-state index in [4.69, 9.17) is 0 Å². The molecule has 1 heterocycles. The Morgan fingerprint density at radius 2 is 1.07 bits per heavy atom. The van der Waals surface area contributed by atoms with E-state index in [1.54, 1.807) is 0 Å². The molecule has 9 rings (SSSR count). The molecule has 0 spiro atoms. The van der Waals surface area contributed by atoms with Crippen LogP contribution in [0, 0.1) is 0 Å². The summed E-state index contributed by atoms with van der Waals surface area (Å²) in [5, 5.41) is 2.50. The van der Waals surface area contributed by atoms with Crippen LogP contribution in [-0.4, -0.2) is 0 Å². The number of anilines is 6. The second-order valence-electron chi connectivity index (χ2n) is 14.4. The van der Waals surface area contributed by atoms with Crippen molar-refractivity contribution in [3.63, 3.8) is 0 Å². The fraction of sp³-hybridized carbons (Fsp3) is 0.0741. The summed E-state index contributed by atoms with van der Waals surface area (Å²) in [5.74, 6) is 0. The second-order valence-corrected chi connectivity index (χ2v) is 14.4. The molecule has 56 heavy (non-hydrogen) atoms. The number of nitrogens with zero attached hydrogens (tertiary/aromatic N) is 2. The van der Waals surface area contributed by atoms with E-state index >= 15 is 0 Å². The SMILES string of the molecule is C/C=C(\C=C/CC)c1ccc(N(c2ccc(-c3ccccc3)cc2)c2ccc(-c3ccc4c(c3)Cc3ccccc3N4c3cccc4ccccc34)cc2)cc1. The van der Waals surface area contributed by atoms with Crippen LogP contribution in [0.2, 0.25) is 0 Å². The molecule has 0 bridgehead atoms. The summed E-state index contributed by atoms with van der Waals surface area (Å²) in [6, 6.07) is 68.6. The highest BCUT2D eigenvalue weighted by Gasteiger charge is 2.25. The number of para-hydroxylation sites is 1.